The van der Waals surface area contributed by atoms with Crippen LogP contribution in [0.3, 0.4) is 0 Å². The molecule has 0 saturated carbocycles. The van der Waals surface area contributed by atoms with Gasteiger partial charge < -0.3 is 25.3 Å². The summed E-state index contributed by atoms with van der Waals surface area (Å²) in [5.41, 5.74) is 2.54. The number of allylic oxidation sites excluding steroid dienone is 1. The van der Waals surface area contributed by atoms with Gasteiger partial charge in [0.2, 0.25) is 5.91 Å². The van der Waals surface area contributed by atoms with Crippen LogP contribution in [0.15, 0.2) is 91.1 Å². The van der Waals surface area contributed by atoms with Crippen LogP contribution in [0.4, 0.5) is 11.4 Å². The zero-order valence-corrected chi connectivity index (χ0v) is 26.3. The predicted octanol–water partition coefficient (Wildman–Crippen LogP) is 4.01. The van der Waals surface area contributed by atoms with Gasteiger partial charge in [0.25, 0.3) is 5.91 Å². The molecule has 2 aliphatic rings. The number of aromatic nitrogens is 3. The number of anilines is 2. The molecule has 3 heterocycles. The smallest absolute Gasteiger partial charge is 0.264 e. The zero-order valence-electron chi connectivity index (χ0n) is 25.6. The zero-order chi connectivity index (χ0) is 32.3. The first-order chi connectivity index (χ1) is 22.3. The number of carbonyl (C=O) groups is 2. The second kappa shape index (κ2) is 13.6. The van der Waals surface area contributed by atoms with E-state index in [9.17, 15) is 19.8 Å². The van der Waals surface area contributed by atoms with Crippen LogP contribution in [0.5, 0.6) is 0 Å². The van der Waals surface area contributed by atoms with E-state index in [0.717, 1.165) is 16.8 Å². The molecule has 0 spiro atoms. The van der Waals surface area contributed by atoms with E-state index in [4.69, 9.17) is 11.6 Å². The second-order valence-corrected chi connectivity index (χ2v) is 12.2. The molecule has 3 aromatic carbocycles. The topological polar surface area (TPSA) is 124 Å². The van der Waals surface area contributed by atoms with Gasteiger partial charge in [-0.3, -0.25) is 14.3 Å². The molecule has 2 amide bonds. The van der Waals surface area contributed by atoms with Gasteiger partial charge in [-0.05, 0) is 47.9 Å². The van der Waals surface area contributed by atoms with Gasteiger partial charge in [0, 0.05) is 48.0 Å². The Labute approximate surface area is 272 Å². The summed E-state index contributed by atoms with van der Waals surface area (Å²) in [7, 11) is 0. The lowest BCUT2D eigenvalue weighted by Gasteiger charge is -2.29. The number of carbonyl (C=O) groups excluding carboxylic acids is 2. The number of hydrogen-bond donors (Lipinski definition) is 3. The molecule has 3 N–H and O–H groups in total. The third-order valence-corrected chi connectivity index (χ3v) is 9.03. The van der Waals surface area contributed by atoms with E-state index in [2.05, 4.69) is 15.6 Å². The molecular weight excluding hydrogens is 604 g/mol. The molecule has 4 aromatic rings. The summed E-state index contributed by atoms with van der Waals surface area (Å²) >= 11 is 6.37. The summed E-state index contributed by atoms with van der Waals surface area (Å²) < 4.78 is 1.73. The number of benzene rings is 3. The summed E-state index contributed by atoms with van der Waals surface area (Å²) in [4.78, 5) is 29.8. The molecule has 11 heteroatoms. The Balaban J connectivity index is 1.16. The molecule has 0 aliphatic carbocycles. The van der Waals surface area contributed by atoms with Gasteiger partial charge >= 0.3 is 0 Å². The van der Waals surface area contributed by atoms with Crippen LogP contribution in [-0.2, 0) is 28.3 Å². The quantitative estimate of drug-likeness (QED) is 0.212. The molecular formula is C35H37ClN6O4. The largest absolute Gasteiger partial charge is 0.395 e. The molecule has 1 saturated heterocycles. The first-order valence-electron chi connectivity index (χ1n) is 15.5. The van der Waals surface area contributed by atoms with E-state index in [0.29, 0.717) is 54.6 Å². The summed E-state index contributed by atoms with van der Waals surface area (Å²) in [6, 6.07) is 22.5. The molecule has 0 radical (unpaired) electrons. The first kappa shape index (κ1) is 31.6. The molecule has 10 nitrogen and oxygen atoms in total. The van der Waals surface area contributed by atoms with Crippen molar-refractivity contribution in [2.24, 2.45) is 5.92 Å². The van der Waals surface area contributed by atoms with E-state index >= 15 is 0 Å². The Morgan fingerprint density at radius 1 is 1.09 bits per heavy atom. The van der Waals surface area contributed by atoms with Gasteiger partial charge in [0.1, 0.15) is 0 Å². The van der Waals surface area contributed by atoms with E-state index < -0.39 is 17.4 Å². The Morgan fingerprint density at radius 2 is 1.91 bits per heavy atom. The van der Waals surface area contributed by atoms with Gasteiger partial charge in [-0.2, -0.15) is 0 Å². The lowest BCUT2D eigenvalue weighted by molar-refractivity contribution is -0.139. The molecule has 2 aliphatic heterocycles. The maximum atomic E-state index is 14.0. The second-order valence-electron chi connectivity index (χ2n) is 11.8. The van der Waals surface area contributed by atoms with Crippen LogP contribution < -0.4 is 15.1 Å². The minimum atomic E-state index is -1.81. The number of aliphatic hydroxyl groups is 2. The summed E-state index contributed by atoms with van der Waals surface area (Å²) in [6.07, 6.45) is 6.21. The van der Waals surface area contributed by atoms with Crippen molar-refractivity contribution in [3.63, 3.8) is 0 Å². The highest BCUT2D eigenvalue weighted by Gasteiger charge is 2.52. The van der Waals surface area contributed by atoms with Crippen LogP contribution >= 0.6 is 11.6 Å². The lowest BCUT2D eigenvalue weighted by atomic mass is 9.83. The molecule has 6 rings (SSSR count). The van der Waals surface area contributed by atoms with E-state index in [-0.39, 0.29) is 25.0 Å². The number of aliphatic hydroxyl groups excluding tert-OH is 1. The van der Waals surface area contributed by atoms with Gasteiger partial charge in [-0.25, -0.2) is 0 Å². The molecule has 1 unspecified atom stereocenters. The monoisotopic (exact) mass is 640 g/mol. The standard InChI is InChI=1S/C35H37ClN6O4/c1-24(8-5-6-16-40-22-31(38-39-40)29(23-43)26-10-3-2-4-11-26)35(46)30-19-27(36)13-14-32(30)42(34(35)45)21-25-9-7-12-28(18-25)41-17-15-37-20-33(41)44/h2-5,7-14,18-19,22,24,29,37,43,46H,6,15-17,20-21,23H2,1H3/b8-5+/t24-,29?,35+/m0/s1. The van der Waals surface area contributed by atoms with Crippen molar-refractivity contribution >= 4 is 34.8 Å². The minimum Gasteiger partial charge on any atom is -0.395 e. The molecule has 238 valence electrons. The maximum Gasteiger partial charge on any atom is 0.264 e. The van der Waals surface area contributed by atoms with Crippen molar-refractivity contribution in [2.75, 3.05) is 36.0 Å². The van der Waals surface area contributed by atoms with E-state index in [1.807, 2.05) is 79.9 Å². The number of rotatable bonds is 11. The van der Waals surface area contributed by atoms with Crippen molar-refractivity contribution in [3.8, 4) is 0 Å². The molecule has 1 aromatic heterocycles. The fourth-order valence-electron chi connectivity index (χ4n) is 6.24. The minimum absolute atomic E-state index is 0.00132. The van der Waals surface area contributed by atoms with Crippen LogP contribution in [-0.4, -0.2) is 63.3 Å². The Kier molecular flexibility index (Phi) is 9.32. The number of fused-ring (bicyclic) bond motifs is 1. The highest BCUT2D eigenvalue weighted by atomic mass is 35.5. The van der Waals surface area contributed by atoms with Gasteiger partial charge in [-0.1, -0.05) is 78.4 Å². The fourth-order valence-corrected chi connectivity index (χ4v) is 6.42. The van der Waals surface area contributed by atoms with E-state index in [1.165, 1.54) is 0 Å². The molecule has 3 atom stereocenters. The van der Waals surface area contributed by atoms with Crippen LogP contribution in [0.2, 0.25) is 5.02 Å². The molecule has 1 fully saturated rings. The van der Waals surface area contributed by atoms with E-state index in [1.54, 1.807) is 32.7 Å². The van der Waals surface area contributed by atoms with Gasteiger partial charge in [-0.15, -0.1) is 5.10 Å². The average Bonchev–Trinajstić information content (AvgIpc) is 3.61. The van der Waals surface area contributed by atoms with Crippen molar-refractivity contribution in [1.29, 1.82) is 0 Å². The Bertz CT molecular complexity index is 1740. The summed E-state index contributed by atoms with van der Waals surface area (Å²) in [5.74, 6) is -1.24. The van der Waals surface area contributed by atoms with Crippen LogP contribution in [0, 0.1) is 5.92 Å². The third-order valence-electron chi connectivity index (χ3n) is 8.79. The number of halogens is 1. The van der Waals surface area contributed by atoms with Crippen molar-refractivity contribution in [1.82, 2.24) is 20.3 Å². The average molecular weight is 641 g/mol. The normalized spacial score (nSPS) is 19.6. The summed E-state index contributed by atoms with van der Waals surface area (Å²) in [5, 5.41) is 34.0. The van der Waals surface area contributed by atoms with Crippen LogP contribution in [0.1, 0.15) is 41.6 Å². The maximum absolute atomic E-state index is 14.0. The van der Waals surface area contributed by atoms with Crippen LogP contribution in [0.25, 0.3) is 0 Å². The highest BCUT2D eigenvalue weighted by Crippen LogP contribution is 2.46. The van der Waals surface area contributed by atoms with Crippen molar-refractivity contribution in [3.05, 3.63) is 119 Å². The Hall–Kier alpha value is -4.35. The SMILES string of the molecule is C[C@@H](/C=C/CCn1cc(C(CO)c2ccccc2)nn1)[C@]1(O)C(=O)N(Cc2cccc(N3CCNCC3=O)c2)c2ccc(Cl)cc21. The third kappa shape index (κ3) is 6.21. The number of nitrogens with one attached hydrogen (secondary N) is 1. The number of piperazine rings is 1. The fraction of sp³-hybridized carbons (Fsp3) is 0.314. The molecule has 46 heavy (non-hydrogen) atoms. The highest BCUT2D eigenvalue weighted by molar-refractivity contribution is 6.31. The van der Waals surface area contributed by atoms with Gasteiger partial charge in [0.05, 0.1) is 37.0 Å². The van der Waals surface area contributed by atoms with Gasteiger partial charge in [0.15, 0.2) is 5.60 Å². The molecule has 0 bridgehead atoms. The number of hydrogen-bond acceptors (Lipinski definition) is 7. The number of nitrogens with zero attached hydrogens (tertiary/aromatic N) is 5. The summed E-state index contributed by atoms with van der Waals surface area (Å²) in [6.45, 7) is 4.09. The van der Waals surface area contributed by atoms with Crippen molar-refractivity contribution < 1.29 is 19.8 Å². The first-order valence-corrected chi connectivity index (χ1v) is 15.8. The lowest BCUT2D eigenvalue weighted by Crippen LogP contribution is -2.48. The predicted molar refractivity (Wildman–Crippen MR) is 177 cm³/mol. The van der Waals surface area contributed by atoms with Crippen molar-refractivity contribution in [2.45, 2.75) is 38.0 Å². The number of amides is 2. The Morgan fingerprint density at radius 3 is 2.70 bits per heavy atom. The number of aryl methyl sites for hydroxylation is 1.